The number of carbonyl (C=O) groups is 3. The Kier molecular flexibility index (Phi) is 7.28. The molecule has 27 heavy (non-hydrogen) atoms. The predicted octanol–water partition coefficient (Wildman–Crippen LogP) is 1.59. The van der Waals surface area contributed by atoms with Crippen LogP contribution in [0.25, 0.3) is 0 Å². The van der Waals surface area contributed by atoms with E-state index >= 15 is 0 Å². The summed E-state index contributed by atoms with van der Waals surface area (Å²) in [6.07, 6.45) is 0. The van der Waals surface area contributed by atoms with E-state index in [1.165, 1.54) is 11.8 Å². The third-order valence-electron chi connectivity index (χ3n) is 3.89. The molecule has 1 atom stereocenters. The van der Waals surface area contributed by atoms with Crippen LogP contribution in [0.1, 0.15) is 30.9 Å². The van der Waals surface area contributed by atoms with E-state index in [-0.39, 0.29) is 30.2 Å². The van der Waals surface area contributed by atoms with Gasteiger partial charge in [-0.05, 0) is 27.7 Å². The third-order valence-corrected chi connectivity index (χ3v) is 4.82. The van der Waals surface area contributed by atoms with E-state index in [2.05, 4.69) is 15.8 Å². The molecule has 2 N–H and O–H groups in total. The number of rotatable bonds is 8. The summed E-state index contributed by atoms with van der Waals surface area (Å²) in [6, 6.07) is -1.00. The summed E-state index contributed by atoms with van der Waals surface area (Å²) >= 11 is 1.37. The van der Waals surface area contributed by atoms with E-state index in [4.69, 9.17) is 14.0 Å². The first kappa shape index (κ1) is 20.8. The van der Waals surface area contributed by atoms with Gasteiger partial charge in [0.2, 0.25) is 0 Å². The maximum Gasteiger partial charge on any atom is 0.338 e. The number of urea groups is 1. The minimum Gasteiger partial charge on any atom is -0.463 e. The first-order chi connectivity index (χ1) is 12.8. The second-order valence-corrected chi connectivity index (χ2v) is 6.87. The maximum atomic E-state index is 12.1. The van der Waals surface area contributed by atoms with Gasteiger partial charge in [-0.2, -0.15) is 0 Å². The van der Waals surface area contributed by atoms with Crippen LogP contribution in [0.15, 0.2) is 15.8 Å². The first-order valence-electron chi connectivity index (χ1n) is 8.46. The second kappa shape index (κ2) is 9.45. The third kappa shape index (κ3) is 5.49. The van der Waals surface area contributed by atoms with Crippen molar-refractivity contribution in [3.05, 3.63) is 28.3 Å². The van der Waals surface area contributed by atoms with Gasteiger partial charge in [0.15, 0.2) is 0 Å². The molecule has 0 aliphatic carbocycles. The molecular formula is C17H23N3O6S. The van der Waals surface area contributed by atoms with Crippen LogP contribution in [0.4, 0.5) is 4.79 Å². The Balaban J connectivity index is 1.91. The Hall–Kier alpha value is -2.49. The smallest absolute Gasteiger partial charge is 0.338 e. The molecule has 0 saturated carbocycles. The molecule has 2 amide bonds. The summed E-state index contributed by atoms with van der Waals surface area (Å²) in [5, 5.41) is 8.95. The van der Waals surface area contributed by atoms with Gasteiger partial charge < -0.3 is 24.6 Å². The maximum absolute atomic E-state index is 12.1. The zero-order valence-electron chi connectivity index (χ0n) is 15.7. The van der Waals surface area contributed by atoms with Crippen molar-refractivity contribution in [3.63, 3.8) is 0 Å². The summed E-state index contributed by atoms with van der Waals surface area (Å²) in [7, 11) is 0. The molecular weight excluding hydrogens is 374 g/mol. The van der Waals surface area contributed by atoms with Crippen LogP contribution in [0.5, 0.6) is 0 Å². The van der Waals surface area contributed by atoms with Gasteiger partial charge in [-0.15, -0.1) is 11.8 Å². The lowest BCUT2D eigenvalue weighted by molar-refractivity contribution is -0.141. The molecule has 2 heterocycles. The number of hydrogen-bond acceptors (Lipinski definition) is 8. The summed E-state index contributed by atoms with van der Waals surface area (Å²) in [5.74, 6) is 0.404. The SMILES string of the molecule is CCOC(=O)C1=C(COC(=O)CSCc2c(C)noc2C)NC(=O)N[C@@H]1C. The van der Waals surface area contributed by atoms with Gasteiger partial charge in [-0.1, -0.05) is 5.16 Å². The van der Waals surface area contributed by atoms with Gasteiger partial charge in [-0.3, -0.25) is 4.79 Å². The highest BCUT2D eigenvalue weighted by molar-refractivity contribution is 7.99. The Morgan fingerprint density at radius 1 is 1.30 bits per heavy atom. The highest BCUT2D eigenvalue weighted by Gasteiger charge is 2.30. The number of amides is 2. The lowest BCUT2D eigenvalue weighted by Gasteiger charge is -2.26. The molecule has 10 heteroatoms. The van der Waals surface area contributed by atoms with Gasteiger partial charge in [-0.25, -0.2) is 9.59 Å². The molecule has 0 spiro atoms. The fourth-order valence-electron chi connectivity index (χ4n) is 2.53. The highest BCUT2D eigenvalue weighted by atomic mass is 32.2. The van der Waals surface area contributed by atoms with E-state index in [1.54, 1.807) is 13.8 Å². The minimum atomic E-state index is -0.559. The predicted molar refractivity (Wildman–Crippen MR) is 97.9 cm³/mol. The highest BCUT2D eigenvalue weighted by Crippen LogP contribution is 2.20. The standard InChI is InChI=1S/C17H23N3O6S/c1-5-24-16(22)15-10(3)18-17(23)19-13(15)6-25-14(21)8-27-7-12-9(2)20-26-11(12)4/h10H,5-8H2,1-4H3,(H2,18,19,23)/t10-/m1/s1. The van der Waals surface area contributed by atoms with Crippen LogP contribution in [0.3, 0.4) is 0 Å². The van der Waals surface area contributed by atoms with E-state index in [1.807, 2.05) is 13.8 Å². The molecule has 0 bridgehead atoms. The molecule has 1 aromatic heterocycles. The lowest BCUT2D eigenvalue weighted by atomic mass is 10.0. The van der Waals surface area contributed by atoms with E-state index in [9.17, 15) is 14.4 Å². The largest absolute Gasteiger partial charge is 0.463 e. The van der Waals surface area contributed by atoms with Crippen LogP contribution in [-0.4, -0.2) is 48.1 Å². The van der Waals surface area contributed by atoms with Crippen molar-refractivity contribution in [3.8, 4) is 0 Å². The fourth-order valence-corrected chi connectivity index (χ4v) is 3.50. The van der Waals surface area contributed by atoms with Crippen LogP contribution >= 0.6 is 11.8 Å². The average Bonchev–Trinajstić information content (AvgIpc) is 2.91. The number of esters is 2. The molecule has 9 nitrogen and oxygen atoms in total. The first-order valence-corrected chi connectivity index (χ1v) is 9.61. The minimum absolute atomic E-state index is 0.119. The molecule has 1 aliphatic rings. The topological polar surface area (TPSA) is 120 Å². The van der Waals surface area contributed by atoms with Gasteiger partial charge in [0.05, 0.1) is 35.4 Å². The molecule has 1 aromatic rings. The van der Waals surface area contributed by atoms with Crippen molar-refractivity contribution in [1.29, 1.82) is 0 Å². The van der Waals surface area contributed by atoms with Crippen molar-refractivity contribution in [2.75, 3.05) is 19.0 Å². The number of ether oxygens (including phenoxy) is 2. The van der Waals surface area contributed by atoms with E-state index < -0.39 is 24.0 Å². The molecule has 2 rings (SSSR count). The molecule has 148 valence electrons. The van der Waals surface area contributed by atoms with Crippen LogP contribution in [0.2, 0.25) is 0 Å². The molecule has 0 aromatic carbocycles. The number of carbonyl (C=O) groups excluding carboxylic acids is 3. The number of thioether (sulfide) groups is 1. The number of aromatic nitrogens is 1. The summed E-state index contributed by atoms with van der Waals surface area (Å²) < 4.78 is 15.3. The lowest BCUT2D eigenvalue weighted by Crippen LogP contribution is -2.50. The van der Waals surface area contributed by atoms with Crippen molar-refractivity contribution >= 4 is 29.7 Å². The monoisotopic (exact) mass is 397 g/mol. The fraction of sp³-hybridized carbons (Fsp3) is 0.529. The van der Waals surface area contributed by atoms with E-state index in [0.717, 1.165) is 17.0 Å². The van der Waals surface area contributed by atoms with E-state index in [0.29, 0.717) is 5.75 Å². The Morgan fingerprint density at radius 3 is 2.67 bits per heavy atom. The average molecular weight is 397 g/mol. The molecule has 0 fully saturated rings. The quantitative estimate of drug-likeness (QED) is 0.635. The molecule has 1 aliphatic heterocycles. The van der Waals surface area contributed by atoms with Crippen molar-refractivity contribution in [2.45, 2.75) is 39.5 Å². The van der Waals surface area contributed by atoms with Crippen molar-refractivity contribution < 1.29 is 28.4 Å². The summed E-state index contributed by atoms with van der Waals surface area (Å²) in [6.45, 7) is 7.00. The van der Waals surface area contributed by atoms with Gasteiger partial charge in [0.25, 0.3) is 0 Å². The second-order valence-electron chi connectivity index (χ2n) is 5.89. The normalized spacial score (nSPS) is 16.6. The molecule has 0 radical (unpaired) electrons. The van der Waals surface area contributed by atoms with Crippen molar-refractivity contribution in [2.24, 2.45) is 0 Å². The van der Waals surface area contributed by atoms with Crippen LogP contribution in [0, 0.1) is 13.8 Å². The Morgan fingerprint density at radius 2 is 2.04 bits per heavy atom. The number of hydrogen-bond donors (Lipinski definition) is 2. The summed E-state index contributed by atoms with van der Waals surface area (Å²) in [4.78, 5) is 35.8. The zero-order valence-corrected chi connectivity index (χ0v) is 16.5. The zero-order chi connectivity index (χ0) is 20.0. The van der Waals surface area contributed by atoms with Gasteiger partial charge >= 0.3 is 18.0 Å². The Bertz CT molecular complexity index is 738. The number of nitrogens with one attached hydrogen (secondary N) is 2. The molecule has 0 saturated heterocycles. The molecule has 0 unspecified atom stereocenters. The van der Waals surface area contributed by atoms with Gasteiger partial charge in [0.1, 0.15) is 12.4 Å². The van der Waals surface area contributed by atoms with Crippen molar-refractivity contribution in [1.82, 2.24) is 15.8 Å². The summed E-state index contributed by atoms with van der Waals surface area (Å²) in [5.41, 5.74) is 2.23. The van der Waals surface area contributed by atoms with Gasteiger partial charge in [0, 0.05) is 11.3 Å². The number of aryl methyl sites for hydroxylation is 2. The number of nitrogens with zero attached hydrogens (tertiary/aromatic N) is 1. The Labute approximate surface area is 161 Å². The van der Waals surface area contributed by atoms with Crippen LogP contribution in [-0.2, 0) is 24.8 Å². The van der Waals surface area contributed by atoms with Crippen LogP contribution < -0.4 is 10.6 Å².